The summed E-state index contributed by atoms with van der Waals surface area (Å²) in [6.07, 6.45) is 1.01. The maximum absolute atomic E-state index is 12.9. The van der Waals surface area contributed by atoms with E-state index in [4.69, 9.17) is 10.5 Å². The minimum Gasteiger partial charge on any atom is -0.310 e. The second-order valence-corrected chi connectivity index (χ2v) is 6.21. The molecule has 142 valence electrons. The Hall–Kier alpha value is -3.98. The lowest BCUT2D eigenvalue weighted by Gasteiger charge is -2.23. The fraction of sp³-hybridized carbons (Fsp3) is 0.263. The van der Waals surface area contributed by atoms with E-state index in [-0.39, 0.29) is 13.0 Å². The number of carbonyl (C=O) groups excluding carboxylic acids is 1. The van der Waals surface area contributed by atoms with Gasteiger partial charge in [0.1, 0.15) is 18.2 Å². The quantitative estimate of drug-likeness (QED) is 0.558. The van der Waals surface area contributed by atoms with Gasteiger partial charge in [-0.15, -0.1) is 0 Å². The Morgan fingerprint density at radius 3 is 2.39 bits per heavy atom. The number of rotatable bonds is 6. The summed E-state index contributed by atoms with van der Waals surface area (Å²) in [5, 5.41) is 29.0. The van der Waals surface area contributed by atoms with Crippen LogP contribution in [0.1, 0.15) is 23.1 Å². The van der Waals surface area contributed by atoms with Crippen LogP contribution in [0.5, 0.6) is 0 Å². The van der Waals surface area contributed by atoms with E-state index in [0.717, 1.165) is 28.0 Å². The van der Waals surface area contributed by atoms with Gasteiger partial charge in [-0.3, -0.25) is 24.3 Å². The molecule has 0 saturated carbocycles. The summed E-state index contributed by atoms with van der Waals surface area (Å²) < 4.78 is 0.848. The number of hydrogen-bond donors (Lipinski definition) is 0. The van der Waals surface area contributed by atoms with Crippen LogP contribution in [0.2, 0.25) is 0 Å². The molecule has 0 bridgehead atoms. The molecule has 0 unspecified atom stereocenters. The Bertz CT molecular complexity index is 1050. The van der Waals surface area contributed by atoms with Gasteiger partial charge in [0.15, 0.2) is 0 Å². The van der Waals surface area contributed by atoms with Crippen molar-refractivity contribution in [1.82, 2.24) is 4.57 Å². The Labute approximate surface area is 160 Å². The first-order valence-electron chi connectivity index (χ1n) is 8.31. The molecule has 9 heteroatoms. The van der Waals surface area contributed by atoms with Gasteiger partial charge in [0.25, 0.3) is 11.2 Å². The first-order chi connectivity index (χ1) is 13.3. The number of carbonyl (C=O) groups is 1. The smallest absolute Gasteiger partial charge is 0.287 e. The normalized spacial score (nSPS) is 10.0. The van der Waals surface area contributed by atoms with E-state index in [1.807, 2.05) is 26.0 Å². The minimum atomic E-state index is -0.790. The van der Waals surface area contributed by atoms with E-state index < -0.39 is 34.2 Å². The van der Waals surface area contributed by atoms with Crippen LogP contribution in [0.15, 0.2) is 35.3 Å². The molecular formula is C19H17N5O4. The van der Waals surface area contributed by atoms with Gasteiger partial charge in [0.2, 0.25) is 5.91 Å². The van der Waals surface area contributed by atoms with E-state index in [1.54, 1.807) is 18.2 Å². The second-order valence-electron chi connectivity index (χ2n) is 6.21. The molecule has 0 radical (unpaired) electrons. The van der Waals surface area contributed by atoms with E-state index in [0.29, 0.717) is 5.69 Å². The van der Waals surface area contributed by atoms with Gasteiger partial charge in [0, 0.05) is 18.3 Å². The highest BCUT2D eigenvalue weighted by atomic mass is 16.6. The van der Waals surface area contributed by atoms with Crippen molar-refractivity contribution < 1.29 is 9.72 Å². The third-order valence-corrected chi connectivity index (χ3v) is 3.97. The zero-order valence-corrected chi connectivity index (χ0v) is 15.4. The van der Waals surface area contributed by atoms with Crippen LogP contribution in [0.3, 0.4) is 0 Å². The standard InChI is InChI=1S/C19H17N5O4/c1-13-6-14(2)8-16(7-13)23(5-3-4-20)18(25)12-22-11-17(24(27)28)9-15(10-21)19(22)26/h6-9,11H,3,5,12H2,1-2H3. The fourth-order valence-electron chi connectivity index (χ4n) is 2.81. The van der Waals surface area contributed by atoms with Crippen LogP contribution >= 0.6 is 0 Å². The summed E-state index contributed by atoms with van der Waals surface area (Å²) in [6.45, 7) is 3.35. The molecule has 0 atom stereocenters. The zero-order chi connectivity index (χ0) is 20.8. The molecule has 0 aliphatic rings. The highest BCUT2D eigenvalue weighted by Crippen LogP contribution is 2.20. The Morgan fingerprint density at radius 2 is 1.86 bits per heavy atom. The van der Waals surface area contributed by atoms with Crippen LogP contribution in [-0.4, -0.2) is 21.9 Å². The van der Waals surface area contributed by atoms with Crippen molar-refractivity contribution in [2.75, 3.05) is 11.4 Å². The van der Waals surface area contributed by atoms with E-state index >= 15 is 0 Å². The monoisotopic (exact) mass is 379 g/mol. The van der Waals surface area contributed by atoms with Gasteiger partial charge in [-0.1, -0.05) is 6.07 Å². The maximum atomic E-state index is 12.9. The third-order valence-electron chi connectivity index (χ3n) is 3.97. The summed E-state index contributed by atoms with van der Waals surface area (Å²) in [5.41, 5.74) is 0.739. The molecule has 1 aromatic carbocycles. The van der Waals surface area contributed by atoms with Crippen LogP contribution in [0.25, 0.3) is 0 Å². The van der Waals surface area contributed by atoms with Crippen LogP contribution < -0.4 is 10.5 Å². The van der Waals surface area contributed by atoms with Gasteiger partial charge in [-0.05, 0) is 37.1 Å². The lowest BCUT2D eigenvalue weighted by Crippen LogP contribution is -2.37. The van der Waals surface area contributed by atoms with Gasteiger partial charge < -0.3 is 4.90 Å². The first-order valence-corrected chi connectivity index (χ1v) is 8.31. The van der Waals surface area contributed by atoms with Gasteiger partial charge in [-0.2, -0.15) is 10.5 Å². The summed E-state index contributed by atoms with van der Waals surface area (Å²) >= 11 is 0. The molecule has 2 aromatic rings. The molecule has 1 aromatic heterocycles. The SMILES string of the molecule is Cc1cc(C)cc(N(CCC#N)C(=O)Cn2cc([N+](=O)[O-])cc(C#N)c2=O)c1. The van der Waals surface area contributed by atoms with Crippen molar-refractivity contribution in [2.45, 2.75) is 26.8 Å². The molecule has 9 nitrogen and oxygen atoms in total. The number of amides is 1. The van der Waals surface area contributed by atoms with E-state index in [2.05, 4.69) is 0 Å². The Balaban J connectivity index is 2.45. The molecule has 1 amide bonds. The van der Waals surface area contributed by atoms with E-state index in [1.165, 1.54) is 4.90 Å². The molecule has 0 saturated heterocycles. The zero-order valence-electron chi connectivity index (χ0n) is 15.4. The number of aryl methyl sites for hydroxylation is 2. The summed E-state index contributed by atoms with van der Waals surface area (Å²) in [5.74, 6) is -0.522. The number of hydrogen-bond acceptors (Lipinski definition) is 6. The molecule has 2 rings (SSSR count). The summed E-state index contributed by atoms with van der Waals surface area (Å²) in [4.78, 5) is 36.8. The van der Waals surface area contributed by atoms with Crippen molar-refractivity contribution in [2.24, 2.45) is 0 Å². The first kappa shape index (κ1) is 20.3. The number of anilines is 1. The van der Waals surface area contributed by atoms with Crippen molar-refractivity contribution in [3.05, 3.63) is 67.6 Å². The number of nitrogens with zero attached hydrogens (tertiary/aromatic N) is 5. The molecule has 0 fully saturated rings. The highest BCUT2D eigenvalue weighted by Gasteiger charge is 2.20. The topological polar surface area (TPSA) is 133 Å². The predicted octanol–water partition coefficient (Wildman–Crippen LogP) is 2.19. The average molecular weight is 379 g/mol. The van der Waals surface area contributed by atoms with E-state index in [9.17, 15) is 19.7 Å². The number of nitro groups is 1. The van der Waals surface area contributed by atoms with Gasteiger partial charge in [-0.25, -0.2) is 0 Å². The molecular weight excluding hydrogens is 362 g/mol. The largest absolute Gasteiger partial charge is 0.310 e. The van der Waals surface area contributed by atoms with Crippen molar-refractivity contribution >= 4 is 17.3 Å². The maximum Gasteiger partial charge on any atom is 0.287 e. The van der Waals surface area contributed by atoms with Crippen LogP contribution in [-0.2, 0) is 11.3 Å². The highest BCUT2D eigenvalue weighted by molar-refractivity contribution is 5.93. The molecule has 0 spiro atoms. The molecule has 0 aliphatic carbocycles. The van der Waals surface area contributed by atoms with Gasteiger partial charge >= 0.3 is 0 Å². The Kier molecular flexibility index (Phi) is 6.25. The van der Waals surface area contributed by atoms with Crippen molar-refractivity contribution in [3.63, 3.8) is 0 Å². The molecule has 28 heavy (non-hydrogen) atoms. The fourth-order valence-corrected chi connectivity index (χ4v) is 2.81. The number of aromatic nitrogens is 1. The van der Waals surface area contributed by atoms with Crippen molar-refractivity contribution in [3.8, 4) is 12.1 Å². The molecule has 1 heterocycles. The lowest BCUT2D eigenvalue weighted by atomic mass is 10.1. The second kappa shape index (κ2) is 8.60. The summed E-state index contributed by atoms with van der Waals surface area (Å²) in [6, 6.07) is 9.94. The minimum absolute atomic E-state index is 0.0754. The van der Waals surface area contributed by atoms with Crippen LogP contribution in [0, 0.1) is 46.6 Å². The Morgan fingerprint density at radius 1 is 1.21 bits per heavy atom. The number of benzene rings is 1. The average Bonchev–Trinajstić information content (AvgIpc) is 2.62. The van der Waals surface area contributed by atoms with Crippen LogP contribution in [0.4, 0.5) is 11.4 Å². The predicted molar refractivity (Wildman–Crippen MR) is 101 cm³/mol. The number of nitriles is 2. The third kappa shape index (κ3) is 4.59. The van der Waals surface area contributed by atoms with Crippen molar-refractivity contribution in [1.29, 1.82) is 10.5 Å². The summed E-state index contributed by atoms with van der Waals surface area (Å²) in [7, 11) is 0. The van der Waals surface area contributed by atoms with Gasteiger partial charge in [0.05, 0.1) is 23.6 Å². The molecule has 0 N–H and O–H groups in total. The lowest BCUT2D eigenvalue weighted by molar-refractivity contribution is -0.385. The number of pyridine rings is 1. The molecule has 0 aliphatic heterocycles.